The van der Waals surface area contributed by atoms with Crippen molar-refractivity contribution in [3.8, 4) is 22.2 Å². The average Bonchev–Trinajstić information content (AvgIpc) is 3.34. The van der Waals surface area contributed by atoms with Gasteiger partial charge in [-0.15, -0.1) is 11.3 Å². The van der Waals surface area contributed by atoms with Crippen LogP contribution < -0.4 is 5.32 Å². The zero-order chi connectivity index (χ0) is 17.9. The Kier molecular flexibility index (Phi) is 4.33. The SMILES string of the molecule is Cc1ccccc1C(=O)Nc1ccccc1-c1nc(-c2cccs2)no1. The number of hydrogen-bond acceptors (Lipinski definition) is 5. The van der Waals surface area contributed by atoms with Crippen LogP contribution in [-0.2, 0) is 0 Å². The maximum absolute atomic E-state index is 12.6. The van der Waals surface area contributed by atoms with E-state index in [4.69, 9.17) is 4.52 Å². The Labute approximate surface area is 154 Å². The van der Waals surface area contributed by atoms with Gasteiger partial charge in [-0.1, -0.05) is 41.6 Å². The number of thiophene rings is 1. The molecule has 5 nitrogen and oxygen atoms in total. The highest BCUT2D eigenvalue weighted by Crippen LogP contribution is 2.30. The number of benzene rings is 2. The second-order valence-corrected chi connectivity index (χ2v) is 6.66. The number of carbonyl (C=O) groups excluding carboxylic acids is 1. The second kappa shape index (κ2) is 6.93. The quantitative estimate of drug-likeness (QED) is 0.554. The van der Waals surface area contributed by atoms with Crippen molar-refractivity contribution < 1.29 is 9.32 Å². The van der Waals surface area contributed by atoms with Gasteiger partial charge in [0.2, 0.25) is 5.82 Å². The molecule has 26 heavy (non-hydrogen) atoms. The van der Waals surface area contributed by atoms with E-state index in [1.165, 1.54) is 0 Å². The first-order valence-electron chi connectivity index (χ1n) is 8.06. The summed E-state index contributed by atoms with van der Waals surface area (Å²) in [6.45, 7) is 1.91. The molecule has 0 bridgehead atoms. The highest BCUT2D eigenvalue weighted by molar-refractivity contribution is 7.13. The molecule has 0 aliphatic carbocycles. The molecular weight excluding hydrogens is 346 g/mol. The molecule has 4 aromatic rings. The van der Waals surface area contributed by atoms with Crippen LogP contribution in [0.4, 0.5) is 5.69 Å². The molecule has 0 aliphatic rings. The third kappa shape index (κ3) is 3.14. The number of para-hydroxylation sites is 1. The molecule has 0 aliphatic heterocycles. The zero-order valence-electron chi connectivity index (χ0n) is 14.0. The van der Waals surface area contributed by atoms with Gasteiger partial charge in [0.1, 0.15) is 0 Å². The summed E-state index contributed by atoms with van der Waals surface area (Å²) in [4.78, 5) is 18.0. The topological polar surface area (TPSA) is 68.0 Å². The predicted octanol–water partition coefficient (Wildman–Crippen LogP) is 5.03. The molecule has 2 heterocycles. The molecule has 2 aromatic carbocycles. The molecule has 128 valence electrons. The number of nitrogens with one attached hydrogen (secondary N) is 1. The van der Waals surface area contributed by atoms with Crippen molar-refractivity contribution in [1.29, 1.82) is 0 Å². The first-order chi connectivity index (χ1) is 12.7. The average molecular weight is 361 g/mol. The molecule has 2 aromatic heterocycles. The second-order valence-electron chi connectivity index (χ2n) is 5.72. The summed E-state index contributed by atoms with van der Waals surface area (Å²) in [6, 6.07) is 18.7. The molecule has 4 rings (SSSR count). The largest absolute Gasteiger partial charge is 0.334 e. The van der Waals surface area contributed by atoms with E-state index < -0.39 is 0 Å². The van der Waals surface area contributed by atoms with Crippen LogP contribution in [0.2, 0.25) is 0 Å². The summed E-state index contributed by atoms with van der Waals surface area (Å²) in [7, 11) is 0. The Hall–Kier alpha value is -3.25. The van der Waals surface area contributed by atoms with Gasteiger partial charge in [0.25, 0.3) is 11.8 Å². The molecule has 0 unspecified atom stereocenters. The molecule has 0 radical (unpaired) electrons. The number of nitrogens with zero attached hydrogens (tertiary/aromatic N) is 2. The number of rotatable bonds is 4. The first-order valence-corrected chi connectivity index (χ1v) is 8.94. The lowest BCUT2D eigenvalue weighted by molar-refractivity contribution is 0.102. The van der Waals surface area contributed by atoms with Gasteiger partial charge in [0, 0.05) is 5.56 Å². The Morgan fingerprint density at radius 1 is 1.04 bits per heavy atom. The van der Waals surface area contributed by atoms with E-state index in [1.54, 1.807) is 17.4 Å². The zero-order valence-corrected chi connectivity index (χ0v) is 14.8. The first kappa shape index (κ1) is 16.2. The number of aromatic nitrogens is 2. The fraction of sp³-hybridized carbons (Fsp3) is 0.0500. The minimum Gasteiger partial charge on any atom is -0.334 e. The maximum atomic E-state index is 12.6. The number of hydrogen-bond donors (Lipinski definition) is 1. The van der Waals surface area contributed by atoms with Gasteiger partial charge in [-0.2, -0.15) is 4.98 Å². The monoisotopic (exact) mass is 361 g/mol. The molecule has 0 fully saturated rings. The number of carbonyl (C=O) groups is 1. The number of amides is 1. The van der Waals surface area contributed by atoms with Crippen LogP contribution in [0, 0.1) is 6.92 Å². The van der Waals surface area contributed by atoms with Crippen LogP contribution in [0.25, 0.3) is 22.2 Å². The van der Waals surface area contributed by atoms with Crippen molar-refractivity contribution in [2.45, 2.75) is 6.92 Å². The number of aryl methyl sites for hydroxylation is 1. The third-order valence-corrected chi connectivity index (χ3v) is 4.83. The van der Waals surface area contributed by atoms with Gasteiger partial charge in [-0.25, -0.2) is 0 Å². The maximum Gasteiger partial charge on any atom is 0.260 e. The molecule has 0 spiro atoms. The summed E-state index contributed by atoms with van der Waals surface area (Å²) in [5, 5.41) is 8.95. The van der Waals surface area contributed by atoms with Crippen molar-refractivity contribution in [1.82, 2.24) is 10.1 Å². The van der Waals surface area contributed by atoms with E-state index in [-0.39, 0.29) is 5.91 Å². The van der Waals surface area contributed by atoms with Crippen molar-refractivity contribution in [2.24, 2.45) is 0 Å². The van der Waals surface area contributed by atoms with Crippen LogP contribution in [-0.4, -0.2) is 16.0 Å². The van der Waals surface area contributed by atoms with Crippen LogP contribution in [0.1, 0.15) is 15.9 Å². The highest BCUT2D eigenvalue weighted by Gasteiger charge is 2.16. The molecular formula is C20H15N3O2S. The van der Waals surface area contributed by atoms with Crippen molar-refractivity contribution in [3.63, 3.8) is 0 Å². The summed E-state index contributed by atoms with van der Waals surface area (Å²) < 4.78 is 5.42. The van der Waals surface area contributed by atoms with E-state index in [0.29, 0.717) is 28.5 Å². The molecule has 0 atom stereocenters. The molecule has 1 amide bonds. The molecule has 1 N–H and O–H groups in total. The van der Waals surface area contributed by atoms with Crippen LogP contribution in [0.15, 0.2) is 70.6 Å². The minimum atomic E-state index is -0.173. The van der Waals surface area contributed by atoms with E-state index in [2.05, 4.69) is 15.5 Å². The highest BCUT2D eigenvalue weighted by atomic mass is 32.1. The fourth-order valence-electron chi connectivity index (χ4n) is 2.63. The summed E-state index contributed by atoms with van der Waals surface area (Å²) in [5.74, 6) is 0.734. The lowest BCUT2D eigenvalue weighted by Crippen LogP contribution is -2.13. The van der Waals surface area contributed by atoms with Crippen molar-refractivity contribution in [3.05, 3.63) is 77.2 Å². The molecule has 0 saturated carbocycles. The predicted molar refractivity (Wildman–Crippen MR) is 102 cm³/mol. The van der Waals surface area contributed by atoms with E-state index in [1.807, 2.05) is 66.9 Å². The van der Waals surface area contributed by atoms with E-state index in [0.717, 1.165) is 10.4 Å². The Bertz CT molecular complexity index is 1050. The minimum absolute atomic E-state index is 0.173. The molecule has 0 saturated heterocycles. The van der Waals surface area contributed by atoms with Crippen molar-refractivity contribution >= 4 is 22.9 Å². The lowest BCUT2D eigenvalue weighted by atomic mass is 10.1. The Morgan fingerprint density at radius 3 is 2.65 bits per heavy atom. The lowest BCUT2D eigenvalue weighted by Gasteiger charge is -2.10. The summed E-state index contributed by atoms with van der Waals surface area (Å²) >= 11 is 1.54. The van der Waals surface area contributed by atoms with Crippen LogP contribution in [0.5, 0.6) is 0 Å². The van der Waals surface area contributed by atoms with E-state index in [9.17, 15) is 4.79 Å². The van der Waals surface area contributed by atoms with Gasteiger partial charge in [0.15, 0.2) is 0 Å². The smallest absolute Gasteiger partial charge is 0.260 e. The van der Waals surface area contributed by atoms with Gasteiger partial charge in [-0.05, 0) is 42.1 Å². The van der Waals surface area contributed by atoms with E-state index >= 15 is 0 Å². The van der Waals surface area contributed by atoms with Crippen LogP contribution in [0.3, 0.4) is 0 Å². The third-order valence-electron chi connectivity index (χ3n) is 3.96. The Balaban J connectivity index is 1.65. The standard InChI is InChI=1S/C20H15N3O2S/c1-13-7-2-3-8-14(13)19(24)21-16-10-5-4-9-15(16)20-22-18(23-25-20)17-11-6-12-26-17/h2-12H,1H3,(H,21,24). The van der Waals surface area contributed by atoms with Gasteiger partial charge >= 0.3 is 0 Å². The summed E-state index contributed by atoms with van der Waals surface area (Å²) in [6.07, 6.45) is 0. The van der Waals surface area contributed by atoms with Gasteiger partial charge in [-0.3, -0.25) is 4.79 Å². The van der Waals surface area contributed by atoms with Crippen molar-refractivity contribution in [2.75, 3.05) is 5.32 Å². The van der Waals surface area contributed by atoms with Crippen LogP contribution >= 0.6 is 11.3 Å². The van der Waals surface area contributed by atoms with Gasteiger partial charge < -0.3 is 9.84 Å². The fourth-order valence-corrected chi connectivity index (χ4v) is 3.28. The number of anilines is 1. The summed E-state index contributed by atoms with van der Waals surface area (Å²) in [5.41, 5.74) is 2.86. The van der Waals surface area contributed by atoms with Gasteiger partial charge in [0.05, 0.1) is 16.1 Å². The normalized spacial score (nSPS) is 10.7. The Morgan fingerprint density at radius 2 is 1.85 bits per heavy atom. The molecule has 6 heteroatoms.